The van der Waals surface area contributed by atoms with Crippen LogP contribution in [0.3, 0.4) is 0 Å². The first kappa shape index (κ1) is 14.4. The Kier molecular flexibility index (Phi) is 4.67. The molecule has 0 unspecified atom stereocenters. The third-order valence-electron chi connectivity index (χ3n) is 2.57. The van der Waals surface area contributed by atoms with E-state index in [1.165, 1.54) is 0 Å². The number of anilines is 1. The molecule has 20 heavy (non-hydrogen) atoms. The number of hydrogen-bond acceptors (Lipinski definition) is 3. The van der Waals surface area contributed by atoms with Crippen LogP contribution in [0.25, 0.3) is 10.9 Å². The summed E-state index contributed by atoms with van der Waals surface area (Å²) in [5.41, 5.74) is 0.591. The Morgan fingerprint density at radius 2 is 2.00 bits per heavy atom. The van der Waals surface area contributed by atoms with Crippen molar-refractivity contribution in [1.29, 1.82) is 0 Å². The summed E-state index contributed by atoms with van der Waals surface area (Å²) in [5.74, 6) is 2.66. The molecule has 6 heteroatoms. The van der Waals surface area contributed by atoms with Crippen molar-refractivity contribution in [1.82, 2.24) is 10.3 Å². The van der Waals surface area contributed by atoms with E-state index in [9.17, 15) is 4.79 Å². The zero-order valence-electron chi connectivity index (χ0n) is 10.4. The van der Waals surface area contributed by atoms with Crippen molar-refractivity contribution >= 4 is 45.8 Å². The third-order valence-corrected chi connectivity index (χ3v) is 3.21. The van der Waals surface area contributed by atoms with Crippen LogP contribution in [-0.2, 0) is 4.79 Å². The van der Waals surface area contributed by atoms with Gasteiger partial charge in [0, 0.05) is 5.39 Å². The van der Waals surface area contributed by atoms with Crippen molar-refractivity contribution < 1.29 is 4.79 Å². The fourth-order valence-electron chi connectivity index (χ4n) is 1.63. The smallest absolute Gasteiger partial charge is 0.240 e. The molecule has 0 fully saturated rings. The maximum absolute atomic E-state index is 11.4. The first-order valence-electron chi connectivity index (χ1n) is 5.80. The van der Waals surface area contributed by atoms with Gasteiger partial charge < -0.3 is 10.6 Å². The van der Waals surface area contributed by atoms with Crippen molar-refractivity contribution in [2.24, 2.45) is 0 Å². The topological polar surface area (TPSA) is 54.0 Å². The van der Waals surface area contributed by atoms with E-state index in [4.69, 9.17) is 29.6 Å². The zero-order chi connectivity index (χ0) is 14.5. The van der Waals surface area contributed by atoms with Crippen LogP contribution in [0.2, 0.25) is 10.0 Å². The van der Waals surface area contributed by atoms with E-state index >= 15 is 0 Å². The van der Waals surface area contributed by atoms with Gasteiger partial charge in [0.1, 0.15) is 5.82 Å². The number of carbonyl (C=O) groups is 1. The first-order valence-corrected chi connectivity index (χ1v) is 6.56. The van der Waals surface area contributed by atoms with Gasteiger partial charge in [0.15, 0.2) is 0 Å². The number of terminal acetylenes is 1. The fourth-order valence-corrected chi connectivity index (χ4v) is 2.05. The van der Waals surface area contributed by atoms with Crippen molar-refractivity contribution in [3.8, 4) is 12.3 Å². The van der Waals surface area contributed by atoms with Crippen LogP contribution in [0.1, 0.15) is 0 Å². The normalized spacial score (nSPS) is 10.1. The molecule has 0 aliphatic rings. The molecule has 1 aromatic heterocycles. The van der Waals surface area contributed by atoms with Gasteiger partial charge in [-0.15, -0.1) is 6.42 Å². The summed E-state index contributed by atoms with van der Waals surface area (Å²) in [5, 5.41) is 7.30. The number of rotatable bonds is 4. The minimum Gasteiger partial charge on any atom is -0.361 e. The minimum atomic E-state index is -0.206. The Morgan fingerprint density at radius 3 is 2.75 bits per heavy atom. The van der Waals surface area contributed by atoms with E-state index in [1.54, 1.807) is 24.3 Å². The van der Waals surface area contributed by atoms with Gasteiger partial charge in [-0.05, 0) is 24.3 Å². The van der Waals surface area contributed by atoms with Crippen molar-refractivity contribution in [2.45, 2.75) is 0 Å². The number of hydrogen-bond donors (Lipinski definition) is 2. The molecule has 1 amide bonds. The average Bonchev–Trinajstić information content (AvgIpc) is 2.47. The Bertz CT molecular complexity index is 695. The SMILES string of the molecule is C#CCNC(=O)CNc1ccc2c(Cl)ccc(Cl)c2n1. The molecule has 0 saturated heterocycles. The monoisotopic (exact) mass is 307 g/mol. The van der Waals surface area contributed by atoms with Crippen molar-refractivity contribution in [3.63, 3.8) is 0 Å². The Morgan fingerprint density at radius 1 is 1.25 bits per heavy atom. The summed E-state index contributed by atoms with van der Waals surface area (Å²) in [7, 11) is 0. The highest BCUT2D eigenvalue weighted by Crippen LogP contribution is 2.29. The summed E-state index contributed by atoms with van der Waals surface area (Å²) < 4.78 is 0. The number of nitrogens with one attached hydrogen (secondary N) is 2. The van der Waals surface area contributed by atoms with Crippen LogP contribution in [0.15, 0.2) is 24.3 Å². The highest BCUT2D eigenvalue weighted by molar-refractivity contribution is 6.39. The summed E-state index contributed by atoms with van der Waals surface area (Å²) in [6, 6.07) is 6.94. The molecule has 2 N–H and O–H groups in total. The van der Waals surface area contributed by atoms with Gasteiger partial charge in [0.05, 0.1) is 28.7 Å². The van der Waals surface area contributed by atoms with Crippen LogP contribution in [0.5, 0.6) is 0 Å². The molecule has 0 spiro atoms. The molecule has 0 aliphatic carbocycles. The Balaban J connectivity index is 2.14. The van der Waals surface area contributed by atoms with Crippen molar-refractivity contribution in [2.75, 3.05) is 18.4 Å². The van der Waals surface area contributed by atoms with Gasteiger partial charge in [0.2, 0.25) is 5.91 Å². The summed E-state index contributed by atoms with van der Waals surface area (Å²) in [6.45, 7) is 0.283. The number of nitrogens with zero attached hydrogens (tertiary/aromatic N) is 1. The maximum atomic E-state index is 11.4. The van der Waals surface area contributed by atoms with Crippen molar-refractivity contribution in [3.05, 3.63) is 34.3 Å². The highest BCUT2D eigenvalue weighted by Gasteiger charge is 2.07. The van der Waals surface area contributed by atoms with E-state index in [-0.39, 0.29) is 19.0 Å². The Labute approximate surface area is 126 Å². The van der Waals surface area contributed by atoms with Gasteiger partial charge >= 0.3 is 0 Å². The summed E-state index contributed by atoms with van der Waals surface area (Å²) >= 11 is 12.1. The lowest BCUT2D eigenvalue weighted by Gasteiger charge is -2.08. The van der Waals surface area contributed by atoms with Gasteiger partial charge in [-0.2, -0.15) is 0 Å². The predicted molar refractivity (Wildman–Crippen MR) is 82.1 cm³/mol. The lowest BCUT2D eigenvalue weighted by Crippen LogP contribution is -2.30. The van der Waals surface area contributed by atoms with Crippen LogP contribution in [-0.4, -0.2) is 24.0 Å². The first-order chi connectivity index (χ1) is 9.61. The maximum Gasteiger partial charge on any atom is 0.240 e. The molecular formula is C14H11Cl2N3O. The molecule has 0 aliphatic heterocycles. The molecule has 102 valence electrons. The number of carbonyl (C=O) groups excluding carboxylic acids is 1. The number of pyridine rings is 1. The molecular weight excluding hydrogens is 297 g/mol. The number of fused-ring (bicyclic) bond motifs is 1. The standard InChI is InChI=1S/C14H11Cl2N3O/c1-2-7-17-13(20)8-18-12-6-3-9-10(15)4-5-11(16)14(9)19-12/h1,3-6H,7-8H2,(H,17,20)(H,18,19). The van der Waals surface area contributed by atoms with Gasteiger partial charge in [-0.3, -0.25) is 4.79 Å². The fraction of sp³-hybridized carbons (Fsp3) is 0.143. The van der Waals surface area contributed by atoms with Crippen LogP contribution in [0.4, 0.5) is 5.82 Å². The number of aromatic nitrogens is 1. The average molecular weight is 308 g/mol. The molecule has 0 saturated carbocycles. The molecule has 2 rings (SSSR count). The van der Waals surface area contributed by atoms with E-state index < -0.39 is 0 Å². The third kappa shape index (κ3) is 3.32. The number of benzene rings is 1. The molecule has 2 aromatic rings. The Hall–Kier alpha value is -1.96. The molecule has 0 atom stereocenters. The highest BCUT2D eigenvalue weighted by atomic mass is 35.5. The summed E-state index contributed by atoms with van der Waals surface area (Å²) in [6.07, 6.45) is 5.05. The second kappa shape index (κ2) is 6.47. The predicted octanol–water partition coefficient (Wildman–Crippen LogP) is 2.70. The van der Waals surface area contributed by atoms with Gasteiger partial charge in [0.25, 0.3) is 0 Å². The van der Waals surface area contributed by atoms with Crippen LogP contribution < -0.4 is 10.6 Å². The second-order valence-electron chi connectivity index (χ2n) is 3.96. The summed E-state index contributed by atoms with van der Waals surface area (Å²) in [4.78, 5) is 15.8. The molecule has 0 bridgehead atoms. The van der Waals surface area contributed by atoms with Gasteiger partial charge in [-0.1, -0.05) is 29.1 Å². The van der Waals surface area contributed by atoms with E-state index in [2.05, 4.69) is 21.5 Å². The molecule has 4 nitrogen and oxygen atoms in total. The molecule has 0 radical (unpaired) electrons. The largest absolute Gasteiger partial charge is 0.361 e. The zero-order valence-corrected chi connectivity index (χ0v) is 11.9. The molecule has 1 heterocycles. The van der Waals surface area contributed by atoms with E-state index in [1.807, 2.05) is 0 Å². The van der Waals surface area contributed by atoms with Gasteiger partial charge in [-0.25, -0.2) is 4.98 Å². The lowest BCUT2D eigenvalue weighted by atomic mass is 10.2. The van der Waals surface area contributed by atoms with Crippen LogP contribution >= 0.6 is 23.2 Å². The molecule has 1 aromatic carbocycles. The van der Waals surface area contributed by atoms with E-state index in [0.29, 0.717) is 21.4 Å². The lowest BCUT2D eigenvalue weighted by molar-refractivity contribution is -0.119. The minimum absolute atomic E-state index is 0.0817. The van der Waals surface area contributed by atoms with E-state index in [0.717, 1.165) is 5.39 Å². The second-order valence-corrected chi connectivity index (χ2v) is 4.77. The van der Waals surface area contributed by atoms with Crippen LogP contribution in [0, 0.1) is 12.3 Å². The quantitative estimate of drug-likeness (QED) is 0.854. The number of amides is 1. The number of halogens is 2.